The summed E-state index contributed by atoms with van der Waals surface area (Å²) < 4.78 is 5.88. The average molecular weight is 763 g/mol. The molecule has 0 spiro atoms. The van der Waals surface area contributed by atoms with E-state index < -0.39 is 12.0 Å². The number of amides is 1. The first-order chi connectivity index (χ1) is 26.9. The third-order valence-electron chi connectivity index (χ3n) is 8.87. The predicted molar refractivity (Wildman–Crippen MR) is 234 cm³/mol. The first-order valence-corrected chi connectivity index (χ1v) is 21.6. The van der Waals surface area contributed by atoms with Gasteiger partial charge in [0.05, 0.1) is 0 Å². The summed E-state index contributed by atoms with van der Waals surface area (Å²) >= 11 is 0. The second-order valence-electron chi connectivity index (χ2n) is 14.0. The van der Waals surface area contributed by atoms with Gasteiger partial charge < -0.3 is 20.9 Å². The zero-order valence-electron chi connectivity index (χ0n) is 34.7. The van der Waals surface area contributed by atoms with Gasteiger partial charge in [0.15, 0.2) is 0 Å². The Balaban J connectivity index is 4.32. The topological polar surface area (TPSA) is 119 Å². The Bertz CT molecular complexity index is 1180. The van der Waals surface area contributed by atoms with Crippen LogP contribution in [0.3, 0.4) is 0 Å². The molecule has 0 fully saturated rings. The molecule has 55 heavy (non-hydrogen) atoms. The van der Waals surface area contributed by atoms with Crippen molar-refractivity contribution < 1.29 is 24.2 Å². The molecule has 7 nitrogen and oxygen atoms in total. The molecule has 0 aromatic heterocycles. The van der Waals surface area contributed by atoms with Crippen molar-refractivity contribution in [1.29, 1.82) is 0 Å². The minimum atomic E-state index is -1.02. The first kappa shape index (κ1) is 51.3. The fourth-order valence-corrected chi connectivity index (χ4v) is 5.64. The summed E-state index contributed by atoms with van der Waals surface area (Å²) in [6.45, 7) is 4.77. The van der Waals surface area contributed by atoms with Crippen molar-refractivity contribution in [2.24, 2.45) is 5.73 Å². The van der Waals surface area contributed by atoms with Crippen LogP contribution in [-0.2, 0) is 19.1 Å². The van der Waals surface area contributed by atoms with Crippen molar-refractivity contribution in [3.63, 3.8) is 0 Å². The maximum Gasteiger partial charge on any atom is 0.326 e. The van der Waals surface area contributed by atoms with E-state index in [9.17, 15) is 19.5 Å². The summed E-state index contributed by atoms with van der Waals surface area (Å²) in [4.78, 5) is 36.3. The lowest BCUT2D eigenvalue weighted by atomic mass is 10.1. The Hall–Kier alpha value is -3.71. The number of carbonyl (C=O) groups excluding carboxylic acids is 2. The predicted octanol–water partition coefficient (Wildman–Crippen LogP) is 12.3. The van der Waals surface area contributed by atoms with Crippen LogP contribution in [0.4, 0.5) is 0 Å². The molecule has 0 heterocycles. The Morgan fingerprint density at radius 1 is 0.564 bits per heavy atom. The van der Waals surface area contributed by atoms with E-state index in [2.05, 4.69) is 116 Å². The molecule has 0 aliphatic carbocycles. The number of unbranched alkanes of at least 4 members (excludes halogenated alkanes) is 9. The molecular weight excluding hydrogens is 685 g/mol. The van der Waals surface area contributed by atoms with Crippen molar-refractivity contribution in [3.05, 3.63) is 97.2 Å². The van der Waals surface area contributed by atoms with E-state index >= 15 is 0 Å². The van der Waals surface area contributed by atoms with Gasteiger partial charge in [-0.3, -0.25) is 9.59 Å². The highest BCUT2D eigenvalue weighted by Crippen LogP contribution is 2.14. The van der Waals surface area contributed by atoms with Crippen molar-refractivity contribution in [1.82, 2.24) is 5.32 Å². The van der Waals surface area contributed by atoms with Gasteiger partial charge in [-0.15, -0.1) is 0 Å². The average Bonchev–Trinajstić information content (AvgIpc) is 3.17. The SMILES string of the molecule is CC/C=C\C/C=C\C/C=C\C/C=C\C/C=C\C/C=C\C/C=C\CCCC(=O)OC(/C=C\CCCCCCC)CCCCCCC(=O)NC(CCCN)C(=O)O. The van der Waals surface area contributed by atoms with Crippen LogP contribution in [0, 0.1) is 0 Å². The van der Waals surface area contributed by atoms with Crippen molar-refractivity contribution >= 4 is 17.8 Å². The molecule has 4 N–H and O–H groups in total. The molecule has 0 aromatic carbocycles. The van der Waals surface area contributed by atoms with Crippen molar-refractivity contribution in [3.8, 4) is 0 Å². The van der Waals surface area contributed by atoms with Gasteiger partial charge in [0, 0.05) is 12.8 Å². The van der Waals surface area contributed by atoms with Crippen LogP contribution < -0.4 is 11.1 Å². The zero-order valence-corrected chi connectivity index (χ0v) is 34.7. The van der Waals surface area contributed by atoms with Crippen LogP contribution in [0.2, 0.25) is 0 Å². The quantitative estimate of drug-likeness (QED) is 0.0329. The van der Waals surface area contributed by atoms with Crippen molar-refractivity contribution in [2.75, 3.05) is 6.54 Å². The number of hydrogen-bond acceptors (Lipinski definition) is 5. The summed E-state index contributed by atoms with van der Waals surface area (Å²) in [5.74, 6) is -1.41. The van der Waals surface area contributed by atoms with Crippen LogP contribution in [0.25, 0.3) is 0 Å². The van der Waals surface area contributed by atoms with Gasteiger partial charge in [-0.05, 0) is 115 Å². The second-order valence-corrected chi connectivity index (χ2v) is 14.0. The van der Waals surface area contributed by atoms with Gasteiger partial charge in [-0.25, -0.2) is 4.79 Å². The van der Waals surface area contributed by atoms with E-state index in [4.69, 9.17) is 10.5 Å². The number of nitrogens with two attached hydrogens (primary N) is 1. The lowest BCUT2D eigenvalue weighted by molar-refractivity contribution is -0.147. The van der Waals surface area contributed by atoms with E-state index in [1.54, 1.807) is 0 Å². The molecule has 0 aromatic rings. The highest BCUT2D eigenvalue weighted by molar-refractivity contribution is 5.83. The number of esters is 1. The lowest BCUT2D eigenvalue weighted by Crippen LogP contribution is -2.40. The van der Waals surface area contributed by atoms with Gasteiger partial charge in [0.2, 0.25) is 5.91 Å². The standard InChI is InChI=1S/C48H78N2O5/c1-3-5-7-9-11-12-13-14-15-16-17-18-19-20-21-22-23-24-25-26-28-30-36-42-47(52)55-44(38-33-29-27-10-8-6-4-2)39-34-31-32-35-41-46(51)50-45(48(53)54)40-37-43-49/h5,7,11-12,14-15,17-18,20-21,23-24,26,28,33,38,44-45H,3-4,6,8-10,13,16,19,22,25,27,29-32,34-37,39-43,49H2,1-2H3,(H,50,51)(H,53,54)/b7-5-,12-11-,15-14-,18-17-,21-20-,24-23-,28-26-,38-33-. The third kappa shape index (κ3) is 38.4. The van der Waals surface area contributed by atoms with Crippen LogP contribution in [-0.4, -0.2) is 41.6 Å². The van der Waals surface area contributed by atoms with Gasteiger partial charge in [-0.2, -0.15) is 0 Å². The molecule has 0 saturated heterocycles. The highest BCUT2D eigenvalue weighted by atomic mass is 16.5. The number of nitrogens with one attached hydrogen (secondary N) is 1. The number of carbonyl (C=O) groups is 3. The summed E-state index contributed by atoms with van der Waals surface area (Å²) in [5, 5.41) is 11.9. The van der Waals surface area contributed by atoms with Gasteiger partial charge in [0.1, 0.15) is 12.1 Å². The minimum absolute atomic E-state index is 0.151. The minimum Gasteiger partial charge on any atom is -0.480 e. The summed E-state index contributed by atoms with van der Waals surface area (Å²) in [5.41, 5.74) is 5.48. The van der Waals surface area contributed by atoms with E-state index in [-0.39, 0.29) is 18.0 Å². The molecule has 0 radical (unpaired) electrons. The number of allylic oxidation sites excluding steroid dienone is 15. The number of hydrogen-bond donors (Lipinski definition) is 3. The molecule has 2 atom stereocenters. The van der Waals surface area contributed by atoms with E-state index in [1.165, 1.54) is 25.7 Å². The van der Waals surface area contributed by atoms with Gasteiger partial charge >= 0.3 is 11.9 Å². The molecule has 0 saturated carbocycles. The number of aliphatic carboxylic acids is 1. The molecule has 2 unspecified atom stereocenters. The molecule has 310 valence electrons. The molecule has 0 aliphatic heterocycles. The van der Waals surface area contributed by atoms with Crippen LogP contribution >= 0.6 is 0 Å². The first-order valence-electron chi connectivity index (χ1n) is 21.6. The van der Waals surface area contributed by atoms with E-state index in [0.717, 1.165) is 96.3 Å². The normalized spacial score (nSPS) is 13.7. The number of rotatable bonds is 37. The third-order valence-corrected chi connectivity index (χ3v) is 8.87. The molecule has 0 aliphatic rings. The van der Waals surface area contributed by atoms with Crippen molar-refractivity contribution in [2.45, 2.75) is 180 Å². The Kier molecular flexibility index (Phi) is 38.7. The van der Waals surface area contributed by atoms with E-state index in [1.807, 2.05) is 0 Å². The fourth-order valence-electron chi connectivity index (χ4n) is 5.64. The number of carboxylic acid groups (broad SMARTS) is 1. The second kappa shape index (κ2) is 41.5. The lowest BCUT2D eigenvalue weighted by Gasteiger charge is -2.15. The maximum atomic E-state index is 12.7. The van der Waals surface area contributed by atoms with Crippen LogP contribution in [0.1, 0.15) is 168 Å². The zero-order chi connectivity index (χ0) is 40.3. The summed E-state index contributed by atoms with van der Waals surface area (Å²) in [6.07, 6.45) is 56.2. The van der Waals surface area contributed by atoms with Crippen LogP contribution in [0.15, 0.2) is 97.2 Å². The molecule has 7 heteroatoms. The fraction of sp³-hybridized carbons (Fsp3) is 0.604. The van der Waals surface area contributed by atoms with Gasteiger partial charge in [0.25, 0.3) is 0 Å². The summed E-state index contributed by atoms with van der Waals surface area (Å²) in [7, 11) is 0. The monoisotopic (exact) mass is 763 g/mol. The maximum absolute atomic E-state index is 12.7. The Morgan fingerprint density at radius 2 is 1.07 bits per heavy atom. The Labute approximate surface area is 336 Å². The number of carboxylic acids is 1. The molecule has 0 bridgehead atoms. The Morgan fingerprint density at radius 3 is 1.62 bits per heavy atom. The highest BCUT2D eigenvalue weighted by Gasteiger charge is 2.19. The van der Waals surface area contributed by atoms with Crippen LogP contribution in [0.5, 0.6) is 0 Å². The van der Waals surface area contributed by atoms with Gasteiger partial charge in [-0.1, -0.05) is 144 Å². The van der Waals surface area contributed by atoms with E-state index in [0.29, 0.717) is 38.6 Å². The largest absolute Gasteiger partial charge is 0.480 e. The molecular formula is C48H78N2O5. The molecule has 0 rings (SSSR count). The number of ether oxygens (including phenoxy) is 1. The molecule has 1 amide bonds. The smallest absolute Gasteiger partial charge is 0.326 e. The summed E-state index contributed by atoms with van der Waals surface area (Å²) in [6, 6.07) is -0.880.